The standard InChI is InChI=1S/C22H26N4O2/c1-4-26(5-2)19-11-9-18(10-12-19)23-20(27)13-14-21-24-25-22(28-21)17-8-6-7-16(3)15-17/h6-12,15H,4-5,13-14H2,1-3H3,(H,23,27). The number of hydrogen-bond acceptors (Lipinski definition) is 5. The third kappa shape index (κ3) is 4.97. The predicted molar refractivity (Wildman–Crippen MR) is 111 cm³/mol. The van der Waals surface area contributed by atoms with Crippen molar-refractivity contribution in [1.29, 1.82) is 0 Å². The van der Waals surface area contributed by atoms with Crippen LogP contribution < -0.4 is 10.2 Å². The van der Waals surface area contributed by atoms with E-state index in [9.17, 15) is 4.79 Å². The maximum absolute atomic E-state index is 12.2. The quantitative estimate of drug-likeness (QED) is 0.626. The van der Waals surface area contributed by atoms with E-state index in [0.717, 1.165) is 35.6 Å². The topological polar surface area (TPSA) is 71.3 Å². The van der Waals surface area contributed by atoms with Gasteiger partial charge in [0, 0.05) is 42.9 Å². The SMILES string of the molecule is CCN(CC)c1ccc(NC(=O)CCc2nnc(-c3cccc(C)c3)o2)cc1. The molecule has 0 saturated heterocycles. The fourth-order valence-electron chi connectivity index (χ4n) is 3.04. The van der Waals surface area contributed by atoms with Gasteiger partial charge < -0.3 is 14.6 Å². The smallest absolute Gasteiger partial charge is 0.247 e. The highest BCUT2D eigenvalue weighted by Crippen LogP contribution is 2.20. The monoisotopic (exact) mass is 378 g/mol. The minimum absolute atomic E-state index is 0.0779. The highest BCUT2D eigenvalue weighted by molar-refractivity contribution is 5.90. The number of carbonyl (C=O) groups is 1. The van der Waals surface area contributed by atoms with Crippen LogP contribution in [-0.4, -0.2) is 29.2 Å². The van der Waals surface area contributed by atoms with Crippen molar-refractivity contribution in [3.05, 3.63) is 60.0 Å². The summed E-state index contributed by atoms with van der Waals surface area (Å²) in [6.07, 6.45) is 0.690. The summed E-state index contributed by atoms with van der Waals surface area (Å²) < 4.78 is 5.68. The van der Waals surface area contributed by atoms with Crippen LogP contribution in [-0.2, 0) is 11.2 Å². The molecule has 1 aromatic heterocycles. The summed E-state index contributed by atoms with van der Waals surface area (Å²) in [5.74, 6) is 0.862. The first-order valence-electron chi connectivity index (χ1n) is 9.63. The van der Waals surface area contributed by atoms with Gasteiger partial charge in [0.25, 0.3) is 0 Å². The van der Waals surface area contributed by atoms with Crippen LogP contribution in [0.1, 0.15) is 31.7 Å². The lowest BCUT2D eigenvalue weighted by molar-refractivity contribution is -0.116. The number of benzene rings is 2. The molecule has 6 heteroatoms. The molecule has 146 valence electrons. The molecule has 3 rings (SSSR count). The molecule has 0 aliphatic heterocycles. The third-order valence-electron chi connectivity index (χ3n) is 4.58. The van der Waals surface area contributed by atoms with Crippen molar-refractivity contribution in [2.24, 2.45) is 0 Å². The van der Waals surface area contributed by atoms with Crippen molar-refractivity contribution in [2.75, 3.05) is 23.3 Å². The third-order valence-corrected chi connectivity index (χ3v) is 4.58. The molecule has 3 aromatic rings. The van der Waals surface area contributed by atoms with Crippen LogP contribution in [0.25, 0.3) is 11.5 Å². The molecule has 2 aromatic carbocycles. The van der Waals surface area contributed by atoms with Crippen molar-refractivity contribution in [3.8, 4) is 11.5 Å². The van der Waals surface area contributed by atoms with E-state index in [1.54, 1.807) is 0 Å². The first-order chi connectivity index (χ1) is 13.6. The predicted octanol–water partition coefficient (Wildman–Crippen LogP) is 4.46. The molecule has 1 N–H and O–H groups in total. The Morgan fingerprint density at radius 1 is 1.07 bits per heavy atom. The summed E-state index contributed by atoms with van der Waals surface area (Å²) in [5, 5.41) is 11.0. The van der Waals surface area contributed by atoms with E-state index in [0.29, 0.717) is 18.2 Å². The Labute approximate surface area is 165 Å². The second-order valence-electron chi connectivity index (χ2n) is 6.64. The number of carbonyl (C=O) groups excluding carboxylic acids is 1. The van der Waals surface area contributed by atoms with Crippen LogP contribution >= 0.6 is 0 Å². The highest BCUT2D eigenvalue weighted by atomic mass is 16.4. The maximum Gasteiger partial charge on any atom is 0.247 e. The van der Waals surface area contributed by atoms with E-state index in [2.05, 4.69) is 34.3 Å². The summed E-state index contributed by atoms with van der Waals surface area (Å²) in [4.78, 5) is 14.5. The lowest BCUT2D eigenvalue weighted by atomic mass is 10.1. The average molecular weight is 378 g/mol. The van der Waals surface area contributed by atoms with Crippen LogP contribution in [0.2, 0.25) is 0 Å². The van der Waals surface area contributed by atoms with Crippen LogP contribution in [0.5, 0.6) is 0 Å². The number of aromatic nitrogens is 2. The molecule has 0 bridgehead atoms. The van der Waals surface area contributed by atoms with Crippen LogP contribution in [0, 0.1) is 6.92 Å². The Kier molecular flexibility index (Phi) is 6.42. The van der Waals surface area contributed by atoms with Gasteiger partial charge in [-0.1, -0.05) is 17.7 Å². The van der Waals surface area contributed by atoms with Gasteiger partial charge in [-0.15, -0.1) is 10.2 Å². The van der Waals surface area contributed by atoms with Crippen LogP contribution in [0.15, 0.2) is 52.9 Å². The van der Waals surface area contributed by atoms with E-state index in [-0.39, 0.29) is 12.3 Å². The van der Waals surface area contributed by atoms with E-state index < -0.39 is 0 Å². The van der Waals surface area contributed by atoms with Crippen LogP contribution in [0.3, 0.4) is 0 Å². The Morgan fingerprint density at radius 2 is 1.82 bits per heavy atom. The van der Waals surface area contributed by atoms with Gasteiger partial charge in [-0.25, -0.2) is 0 Å². The van der Waals surface area contributed by atoms with E-state index in [1.807, 2.05) is 55.5 Å². The van der Waals surface area contributed by atoms with E-state index in [1.165, 1.54) is 0 Å². The van der Waals surface area contributed by atoms with Crippen molar-refractivity contribution in [2.45, 2.75) is 33.6 Å². The summed E-state index contributed by atoms with van der Waals surface area (Å²) >= 11 is 0. The number of rotatable bonds is 8. The van der Waals surface area contributed by atoms with Gasteiger partial charge in [0.05, 0.1) is 0 Å². The zero-order chi connectivity index (χ0) is 19.9. The van der Waals surface area contributed by atoms with Crippen LogP contribution in [0.4, 0.5) is 11.4 Å². The molecule has 0 radical (unpaired) electrons. The number of aryl methyl sites for hydroxylation is 2. The summed E-state index contributed by atoms with van der Waals surface area (Å²) in [6, 6.07) is 15.8. The lowest BCUT2D eigenvalue weighted by Crippen LogP contribution is -2.21. The molecule has 28 heavy (non-hydrogen) atoms. The summed E-state index contributed by atoms with van der Waals surface area (Å²) in [5.41, 5.74) is 3.95. The normalized spacial score (nSPS) is 10.7. The first-order valence-corrected chi connectivity index (χ1v) is 9.63. The van der Waals surface area contributed by atoms with Gasteiger partial charge in [-0.3, -0.25) is 4.79 Å². The van der Waals surface area contributed by atoms with Crippen molar-refractivity contribution in [3.63, 3.8) is 0 Å². The summed E-state index contributed by atoms with van der Waals surface area (Å²) in [7, 11) is 0. The number of amides is 1. The minimum atomic E-state index is -0.0779. The lowest BCUT2D eigenvalue weighted by Gasteiger charge is -2.21. The maximum atomic E-state index is 12.2. The van der Waals surface area contributed by atoms with Gasteiger partial charge in [0.2, 0.25) is 17.7 Å². The number of anilines is 2. The molecule has 0 saturated carbocycles. The average Bonchev–Trinajstić information content (AvgIpc) is 3.18. The molecule has 0 unspecified atom stereocenters. The molecule has 0 aliphatic carbocycles. The van der Waals surface area contributed by atoms with E-state index in [4.69, 9.17) is 4.42 Å². The fraction of sp³-hybridized carbons (Fsp3) is 0.318. The number of hydrogen-bond donors (Lipinski definition) is 1. The van der Waals surface area contributed by atoms with E-state index >= 15 is 0 Å². The molecule has 6 nitrogen and oxygen atoms in total. The second kappa shape index (κ2) is 9.17. The zero-order valence-electron chi connectivity index (χ0n) is 16.6. The second-order valence-corrected chi connectivity index (χ2v) is 6.64. The minimum Gasteiger partial charge on any atom is -0.421 e. The zero-order valence-corrected chi connectivity index (χ0v) is 16.6. The van der Waals surface area contributed by atoms with Gasteiger partial charge in [-0.05, 0) is 57.2 Å². The molecular formula is C22H26N4O2. The van der Waals surface area contributed by atoms with Gasteiger partial charge >= 0.3 is 0 Å². The molecule has 1 amide bonds. The first kappa shape index (κ1) is 19.6. The molecule has 1 heterocycles. The number of nitrogens with one attached hydrogen (secondary N) is 1. The Hall–Kier alpha value is -3.15. The fourth-order valence-corrected chi connectivity index (χ4v) is 3.04. The molecule has 0 spiro atoms. The molecule has 0 fully saturated rings. The Morgan fingerprint density at radius 3 is 2.50 bits per heavy atom. The van der Waals surface area contributed by atoms with Crippen molar-refractivity contribution >= 4 is 17.3 Å². The van der Waals surface area contributed by atoms with Crippen molar-refractivity contribution < 1.29 is 9.21 Å². The Bertz CT molecular complexity index is 914. The molecular weight excluding hydrogens is 352 g/mol. The summed E-state index contributed by atoms with van der Waals surface area (Å²) in [6.45, 7) is 8.18. The number of nitrogens with zero attached hydrogens (tertiary/aromatic N) is 3. The molecule has 0 atom stereocenters. The largest absolute Gasteiger partial charge is 0.421 e. The van der Waals surface area contributed by atoms with Gasteiger partial charge in [0.15, 0.2) is 0 Å². The molecule has 0 aliphatic rings. The Balaban J connectivity index is 1.53. The van der Waals surface area contributed by atoms with Gasteiger partial charge in [-0.2, -0.15) is 0 Å². The van der Waals surface area contributed by atoms with Crippen molar-refractivity contribution in [1.82, 2.24) is 10.2 Å². The van der Waals surface area contributed by atoms with Gasteiger partial charge in [0.1, 0.15) is 0 Å². The highest BCUT2D eigenvalue weighted by Gasteiger charge is 2.11.